The second kappa shape index (κ2) is 21.0. The van der Waals surface area contributed by atoms with E-state index in [9.17, 15) is 57.9 Å². The predicted octanol–water partition coefficient (Wildman–Crippen LogP) is 0.635. The van der Waals surface area contributed by atoms with Crippen LogP contribution < -0.4 is 16.4 Å². The van der Waals surface area contributed by atoms with Gasteiger partial charge in [-0.15, -0.1) is 0 Å². The SMILES string of the molecule is CCCCCCC(=O)SCCNC(=O)CCNC(=O)C(O)C(C)(C)COP(=O)(O)OP(=O)(O)OC[C@H]1O[C@@H](n2cnc3c(N)ncnc32)[C@H](O)[C@@H]1OP(=O)(O)O. The van der Waals surface area contributed by atoms with Gasteiger partial charge in [0, 0.05) is 37.1 Å². The lowest BCUT2D eigenvalue weighted by molar-refractivity contribution is -0.137. The number of imidazole rings is 1. The van der Waals surface area contributed by atoms with Crippen molar-refractivity contribution in [3.05, 3.63) is 12.7 Å². The van der Waals surface area contributed by atoms with Crippen LogP contribution in [0.2, 0.25) is 0 Å². The summed E-state index contributed by atoms with van der Waals surface area (Å²) in [7, 11) is -16.4. The van der Waals surface area contributed by atoms with Gasteiger partial charge in [-0.05, 0) is 6.42 Å². The molecule has 7 atom stereocenters. The van der Waals surface area contributed by atoms with Crippen molar-refractivity contribution in [2.24, 2.45) is 5.41 Å². The molecule has 0 spiro atoms. The van der Waals surface area contributed by atoms with E-state index in [1.165, 1.54) is 13.8 Å². The summed E-state index contributed by atoms with van der Waals surface area (Å²) < 4.78 is 62.1. The zero-order valence-electron chi connectivity index (χ0n) is 30.6. The third kappa shape index (κ3) is 15.1. The standard InChI is InChI=1S/C28H48N7O17P3S/c1-4-5-6-7-8-19(37)56-12-11-30-18(36)9-10-31-26(40)23(39)28(2,3)14-49-55(46,47)52-54(44,45)48-13-17-22(51-53(41,42)43)21(38)27(50-17)35-16-34-20-24(29)32-15-33-25(20)35/h15-17,21-23,27,38-39H,4-14H2,1-3H3,(H,30,36)(H,31,40)(H,44,45)(H,46,47)(H2,29,32,33)(H2,41,42,43)/t17-,21-,22-,23?,27-/m1/s1. The number of aliphatic hydroxyl groups excluding tert-OH is 2. The van der Waals surface area contributed by atoms with E-state index in [0.717, 1.165) is 54.7 Å². The van der Waals surface area contributed by atoms with Crippen LogP contribution in [0.4, 0.5) is 5.82 Å². The number of unbranched alkanes of at least 4 members (excludes halogenated alkanes) is 3. The van der Waals surface area contributed by atoms with Crippen molar-refractivity contribution in [2.75, 3.05) is 37.8 Å². The van der Waals surface area contributed by atoms with Gasteiger partial charge in [-0.2, -0.15) is 4.31 Å². The van der Waals surface area contributed by atoms with Gasteiger partial charge in [-0.3, -0.25) is 32.5 Å². The van der Waals surface area contributed by atoms with Crippen LogP contribution in [0.25, 0.3) is 11.2 Å². The van der Waals surface area contributed by atoms with E-state index < -0.39 is 84.6 Å². The molecule has 10 N–H and O–H groups in total. The first-order chi connectivity index (χ1) is 26.1. The summed E-state index contributed by atoms with van der Waals surface area (Å²) in [4.78, 5) is 87.5. The summed E-state index contributed by atoms with van der Waals surface area (Å²) >= 11 is 1.13. The fourth-order valence-corrected chi connectivity index (χ4v) is 8.61. The first-order valence-electron chi connectivity index (χ1n) is 17.1. The number of nitrogen functional groups attached to an aromatic ring is 1. The van der Waals surface area contributed by atoms with Gasteiger partial charge < -0.3 is 50.9 Å². The topological polar surface area (TPSA) is 364 Å². The molecular formula is C28H48N7O17P3S. The Labute approximate surface area is 325 Å². The maximum absolute atomic E-state index is 12.7. The number of nitrogens with one attached hydrogen (secondary N) is 2. The minimum atomic E-state index is -5.56. The lowest BCUT2D eigenvalue weighted by Gasteiger charge is -2.30. The number of ether oxygens (including phenoxy) is 1. The van der Waals surface area contributed by atoms with Crippen molar-refractivity contribution in [1.29, 1.82) is 0 Å². The van der Waals surface area contributed by atoms with E-state index >= 15 is 0 Å². The number of fused-ring (bicyclic) bond motifs is 1. The maximum atomic E-state index is 12.7. The number of thioether (sulfide) groups is 1. The molecule has 2 aromatic heterocycles. The minimum Gasteiger partial charge on any atom is -0.386 e. The third-order valence-electron chi connectivity index (χ3n) is 8.00. The van der Waals surface area contributed by atoms with E-state index in [1.54, 1.807) is 0 Å². The number of carbonyl (C=O) groups is 3. The number of amides is 2. The summed E-state index contributed by atoms with van der Waals surface area (Å²) in [6, 6.07) is 0. The van der Waals surface area contributed by atoms with Gasteiger partial charge in [0.2, 0.25) is 11.8 Å². The number of aromatic nitrogens is 4. The van der Waals surface area contributed by atoms with Gasteiger partial charge in [0.05, 0.1) is 19.5 Å². The number of carbonyl (C=O) groups excluding carboxylic acids is 3. The molecule has 318 valence electrons. The number of aliphatic hydroxyl groups is 2. The Morgan fingerprint density at radius 1 is 1.02 bits per heavy atom. The molecular weight excluding hydrogens is 831 g/mol. The van der Waals surface area contributed by atoms with Crippen LogP contribution in [0, 0.1) is 5.41 Å². The number of nitrogens with two attached hydrogens (primary N) is 1. The number of nitrogens with zero attached hydrogens (tertiary/aromatic N) is 4. The Morgan fingerprint density at radius 2 is 1.71 bits per heavy atom. The summed E-state index contributed by atoms with van der Waals surface area (Å²) in [5.41, 5.74) is 4.27. The number of hydrogen-bond acceptors (Lipinski definition) is 18. The van der Waals surface area contributed by atoms with Gasteiger partial charge in [-0.25, -0.2) is 28.6 Å². The highest BCUT2D eigenvalue weighted by Gasteiger charge is 2.50. The largest absolute Gasteiger partial charge is 0.481 e. The van der Waals surface area contributed by atoms with Crippen LogP contribution >= 0.6 is 35.2 Å². The van der Waals surface area contributed by atoms with Crippen molar-refractivity contribution >= 4 is 69.1 Å². The predicted molar refractivity (Wildman–Crippen MR) is 196 cm³/mol. The van der Waals surface area contributed by atoms with E-state index in [-0.39, 0.29) is 41.6 Å². The highest BCUT2D eigenvalue weighted by Crippen LogP contribution is 2.61. The Kier molecular flexibility index (Phi) is 18.0. The van der Waals surface area contributed by atoms with Crippen LogP contribution in [0.5, 0.6) is 0 Å². The van der Waals surface area contributed by atoms with E-state index in [2.05, 4.69) is 41.3 Å². The summed E-state index contributed by atoms with van der Waals surface area (Å²) in [5, 5.41) is 26.4. The van der Waals surface area contributed by atoms with E-state index in [0.29, 0.717) is 12.2 Å². The molecule has 0 bridgehead atoms. The van der Waals surface area contributed by atoms with Gasteiger partial charge in [-0.1, -0.05) is 51.8 Å². The first kappa shape index (κ1) is 47.9. The van der Waals surface area contributed by atoms with Crippen LogP contribution in [0.1, 0.15) is 65.5 Å². The van der Waals surface area contributed by atoms with Crippen molar-refractivity contribution in [2.45, 2.75) is 89.9 Å². The molecule has 0 aromatic carbocycles. The highest BCUT2D eigenvalue weighted by molar-refractivity contribution is 8.13. The van der Waals surface area contributed by atoms with Gasteiger partial charge in [0.1, 0.15) is 36.3 Å². The molecule has 1 aliphatic rings. The average molecular weight is 880 g/mol. The zero-order chi connectivity index (χ0) is 41.9. The molecule has 3 heterocycles. The molecule has 0 aliphatic carbocycles. The minimum absolute atomic E-state index is 0.0323. The van der Waals surface area contributed by atoms with Crippen molar-refractivity contribution in [1.82, 2.24) is 30.2 Å². The zero-order valence-corrected chi connectivity index (χ0v) is 34.1. The lowest BCUT2D eigenvalue weighted by Crippen LogP contribution is -2.46. The number of hydrogen-bond donors (Lipinski definition) is 9. The van der Waals surface area contributed by atoms with Crippen LogP contribution in [0.15, 0.2) is 12.7 Å². The number of phosphoric ester groups is 3. The van der Waals surface area contributed by atoms with Crippen LogP contribution in [-0.4, -0.2) is 123 Å². The second-order valence-corrected chi connectivity index (χ2v) is 18.5. The molecule has 0 radical (unpaired) electrons. The quantitative estimate of drug-likeness (QED) is 0.0516. The normalized spacial score (nSPS) is 21.7. The maximum Gasteiger partial charge on any atom is 0.481 e. The van der Waals surface area contributed by atoms with Gasteiger partial charge in [0.15, 0.2) is 22.8 Å². The fraction of sp³-hybridized carbons (Fsp3) is 0.714. The van der Waals surface area contributed by atoms with Crippen molar-refractivity contribution in [3.8, 4) is 0 Å². The molecule has 1 saturated heterocycles. The number of phosphoric acid groups is 3. The molecule has 2 aromatic rings. The second-order valence-electron chi connectivity index (χ2n) is 13.1. The molecule has 1 aliphatic heterocycles. The smallest absolute Gasteiger partial charge is 0.386 e. The number of rotatable bonds is 24. The molecule has 3 rings (SSSR count). The van der Waals surface area contributed by atoms with Crippen molar-refractivity contribution in [3.63, 3.8) is 0 Å². The van der Waals surface area contributed by atoms with E-state index in [1.807, 2.05) is 0 Å². The summed E-state index contributed by atoms with van der Waals surface area (Å²) in [6.07, 6.45) is -2.45. The fourth-order valence-electron chi connectivity index (χ4n) is 5.06. The Hall–Kier alpha value is -2.44. The van der Waals surface area contributed by atoms with Gasteiger partial charge >= 0.3 is 23.5 Å². The Bertz CT molecular complexity index is 1800. The molecule has 1 fully saturated rings. The third-order valence-corrected chi connectivity index (χ3v) is 12.0. The summed E-state index contributed by atoms with van der Waals surface area (Å²) in [5.74, 6) is -1.04. The molecule has 3 unspecified atom stereocenters. The Morgan fingerprint density at radius 3 is 2.39 bits per heavy atom. The Balaban J connectivity index is 1.47. The molecule has 0 saturated carbocycles. The average Bonchev–Trinajstić information content (AvgIpc) is 3.66. The lowest BCUT2D eigenvalue weighted by atomic mass is 9.87. The molecule has 24 nitrogen and oxygen atoms in total. The molecule has 56 heavy (non-hydrogen) atoms. The van der Waals surface area contributed by atoms with Crippen molar-refractivity contribution < 1.29 is 80.5 Å². The highest BCUT2D eigenvalue weighted by atomic mass is 32.2. The summed E-state index contributed by atoms with van der Waals surface area (Å²) in [6.45, 7) is 2.64. The monoisotopic (exact) mass is 879 g/mol. The van der Waals surface area contributed by atoms with E-state index in [4.69, 9.17) is 19.5 Å². The van der Waals surface area contributed by atoms with Crippen LogP contribution in [0.3, 0.4) is 0 Å². The number of anilines is 1. The molecule has 28 heteroatoms. The molecule has 2 amide bonds. The first-order valence-corrected chi connectivity index (χ1v) is 22.6. The van der Waals surface area contributed by atoms with Gasteiger partial charge in [0.25, 0.3) is 0 Å². The van der Waals surface area contributed by atoms with Crippen LogP contribution in [-0.2, 0) is 50.7 Å².